The Labute approximate surface area is 89.0 Å². The lowest BCUT2D eigenvalue weighted by molar-refractivity contribution is 0.533. The molecule has 3 nitrogen and oxygen atoms in total. The van der Waals surface area contributed by atoms with E-state index >= 15 is 0 Å². The van der Waals surface area contributed by atoms with E-state index in [1.807, 2.05) is 0 Å². The molecule has 0 bridgehead atoms. The van der Waals surface area contributed by atoms with Crippen LogP contribution in [0.1, 0.15) is 12.5 Å². The van der Waals surface area contributed by atoms with E-state index in [2.05, 4.69) is 0 Å². The first-order valence-electron chi connectivity index (χ1n) is 4.59. The Balaban J connectivity index is 3.18. The summed E-state index contributed by atoms with van der Waals surface area (Å²) in [6.07, 6.45) is 0.426. The van der Waals surface area contributed by atoms with E-state index in [-0.39, 0.29) is 10.9 Å². The molecule has 5 heteroatoms. The van der Waals surface area contributed by atoms with Crippen LogP contribution in [-0.4, -0.2) is 20.5 Å². The van der Waals surface area contributed by atoms with Gasteiger partial charge in [-0.15, -0.1) is 0 Å². The minimum absolute atomic E-state index is 0.0461. The molecule has 0 saturated heterocycles. The Kier molecular flexibility index (Phi) is 3.82. The van der Waals surface area contributed by atoms with Crippen molar-refractivity contribution in [2.75, 3.05) is 6.01 Å². The molecule has 84 valence electrons. The lowest BCUT2D eigenvalue weighted by Gasteiger charge is -2.10. The van der Waals surface area contributed by atoms with Gasteiger partial charge >= 0.3 is 0 Å². The summed E-state index contributed by atoms with van der Waals surface area (Å²) in [5.74, 6) is 0. The Morgan fingerprint density at radius 1 is 1.40 bits per heavy atom. The monoisotopic (exact) mass is 231 g/mol. The van der Waals surface area contributed by atoms with Crippen LogP contribution in [-0.2, 0) is 16.3 Å². The number of rotatable bonds is 4. The highest BCUT2D eigenvalue weighted by atomic mass is 32.2. The third-order valence-corrected chi connectivity index (χ3v) is 3.35. The third-order valence-electron chi connectivity index (χ3n) is 1.99. The molecular formula is C10H14FNO2S. The molecule has 0 aliphatic heterocycles. The molecule has 0 spiro atoms. The van der Waals surface area contributed by atoms with Crippen LogP contribution in [0.15, 0.2) is 29.2 Å². The number of nitrogens with two attached hydrogens (primary N) is 1. The van der Waals surface area contributed by atoms with Crippen LogP contribution >= 0.6 is 0 Å². The molecule has 1 aromatic rings. The number of halogens is 1. The molecule has 15 heavy (non-hydrogen) atoms. The second-order valence-electron chi connectivity index (χ2n) is 3.51. The molecule has 0 aromatic heterocycles. The zero-order valence-electron chi connectivity index (χ0n) is 8.48. The molecule has 0 amide bonds. The van der Waals surface area contributed by atoms with Crippen molar-refractivity contribution >= 4 is 9.84 Å². The SMILES string of the molecule is CC(N)Cc1ccccc1S(=O)(=O)CF. The molecular weight excluding hydrogens is 217 g/mol. The molecule has 2 N–H and O–H groups in total. The van der Waals surface area contributed by atoms with Crippen molar-refractivity contribution in [3.8, 4) is 0 Å². The van der Waals surface area contributed by atoms with E-state index in [1.165, 1.54) is 6.07 Å². The third kappa shape index (κ3) is 3.00. The van der Waals surface area contributed by atoms with Gasteiger partial charge in [-0.05, 0) is 25.0 Å². The second kappa shape index (κ2) is 4.72. The van der Waals surface area contributed by atoms with Crippen molar-refractivity contribution in [2.24, 2.45) is 5.73 Å². The minimum Gasteiger partial charge on any atom is -0.328 e. The molecule has 0 aliphatic carbocycles. The molecule has 1 rings (SSSR count). The lowest BCUT2D eigenvalue weighted by atomic mass is 10.1. The number of sulfone groups is 1. The standard InChI is InChI=1S/C10H14FNO2S/c1-8(12)6-9-4-2-3-5-10(9)15(13,14)7-11/h2-5,8H,6-7,12H2,1H3. The summed E-state index contributed by atoms with van der Waals surface area (Å²) in [4.78, 5) is 0.0461. The highest BCUT2D eigenvalue weighted by Gasteiger charge is 2.18. The van der Waals surface area contributed by atoms with Gasteiger partial charge in [0, 0.05) is 6.04 Å². The van der Waals surface area contributed by atoms with E-state index in [1.54, 1.807) is 25.1 Å². The van der Waals surface area contributed by atoms with Gasteiger partial charge in [-0.25, -0.2) is 12.8 Å². The second-order valence-corrected chi connectivity index (χ2v) is 5.40. The fraction of sp³-hybridized carbons (Fsp3) is 0.400. The van der Waals surface area contributed by atoms with Crippen LogP contribution in [0.3, 0.4) is 0 Å². The first-order chi connectivity index (χ1) is 6.97. The summed E-state index contributed by atoms with van der Waals surface area (Å²) in [5, 5.41) is 0. The van der Waals surface area contributed by atoms with Gasteiger partial charge in [0.1, 0.15) is 0 Å². The van der Waals surface area contributed by atoms with E-state index < -0.39 is 15.8 Å². The molecule has 0 radical (unpaired) electrons. The Morgan fingerprint density at radius 3 is 2.53 bits per heavy atom. The topological polar surface area (TPSA) is 60.2 Å². The highest BCUT2D eigenvalue weighted by Crippen LogP contribution is 2.18. The van der Waals surface area contributed by atoms with Crippen LogP contribution in [0.25, 0.3) is 0 Å². The number of alkyl halides is 1. The van der Waals surface area contributed by atoms with Crippen molar-refractivity contribution in [2.45, 2.75) is 24.3 Å². The van der Waals surface area contributed by atoms with Gasteiger partial charge in [-0.3, -0.25) is 0 Å². The van der Waals surface area contributed by atoms with Crippen molar-refractivity contribution in [1.82, 2.24) is 0 Å². The van der Waals surface area contributed by atoms with E-state index in [9.17, 15) is 12.8 Å². The molecule has 0 saturated carbocycles. The van der Waals surface area contributed by atoms with Gasteiger partial charge in [0.25, 0.3) is 0 Å². The van der Waals surface area contributed by atoms with Gasteiger partial charge < -0.3 is 5.73 Å². The first-order valence-corrected chi connectivity index (χ1v) is 6.25. The van der Waals surface area contributed by atoms with Crippen molar-refractivity contribution < 1.29 is 12.8 Å². The van der Waals surface area contributed by atoms with Crippen LogP contribution in [0.5, 0.6) is 0 Å². The van der Waals surface area contributed by atoms with E-state index in [0.29, 0.717) is 12.0 Å². The maximum Gasteiger partial charge on any atom is 0.207 e. The van der Waals surface area contributed by atoms with Gasteiger partial charge in [0.05, 0.1) is 4.90 Å². The summed E-state index contributed by atoms with van der Waals surface area (Å²) >= 11 is 0. The maximum atomic E-state index is 12.4. The average Bonchev–Trinajstić information content (AvgIpc) is 2.17. The predicted molar refractivity (Wildman–Crippen MR) is 57.0 cm³/mol. The Hall–Kier alpha value is -0.940. The first kappa shape index (κ1) is 12.1. The maximum absolute atomic E-state index is 12.4. The highest BCUT2D eigenvalue weighted by molar-refractivity contribution is 7.91. The summed E-state index contributed by atoms with van der Waals surface area (Å²) < 4.78 is 35.1. The van der Waals surface area contributed by atoms with Crippen molar-refractivity contribution in [1.29, 1.82) is 0 Å². The summed E-state index contributed by atoms with van der Waals surface area (Å²) in [7, 11) is -3.80. The van der Waals surface area contributed by atoms with Gasteiger partial charge in [0.15, 0.2) is 6.01 Å². The lowest BCUT2D eigenvalue weighted by Crippen LogP contribution is -2.19. The average molecular weight is 231 g/mol. The van der Waals surface area contributed by atoms with E-state index in [0.717, 1.165) is 0 Å². The normalized spacial score (nSPS) is 13.8. The summed E-state index contributed by atoms with van der Waals surface area (Å²) in [5.41, 5.74) is 6.16. The summed E-state index contributed by atoms with van der Waals surface area (Å²) in [6, 6.07) is 4.84. The van der Waals surface area contributed by atoms with Gasteiger partial charge in [-0.1, -0.05) is 18.2 Å². The number of hydrogen-bond donors (Lipinski definition) is 1. The molecule has 0 aliphatic rings. The predicted octanol–water partition coefficient (Wildman–Crippen LogP) is 1.28. The molecule has 0 heterocycles. The zero-order chi connectivity index (χ0) is 11.5. The van der Waals surface area contributed by atoms with Crippen LogP contribution < -0.4 is 5.73 Å². The fourth-order valence-corrected chi connectivity index (χ4v) is 2.34. The summed E-state index contributed by atoms with van der Waals surface area (Å²) in [6.45, 7) is 1.78. The Morgan fingerprint density at radius 2 is 2.00 bits per heavy atom. The number of benzene rings is 1. The molecule has 0 fully saturated rings. The zero-order valence-corrected chi connectivity index (χ0v) is 9.30. The van der Waals surface area contributed by atoms with Crippen LogP contribution in [0.4, 0.5) is 4.39 Å². The van der Waals surface area contributed by atoms with E-state index in [4.69, 9.17) is 5.73 Å². The largest absolute Gasteiger partial charge is 0.328 e. The smallest absolute Gasteiger partial charge is 0.207 e. The molecule has 1 aromatic carbocycles. The van der Waals surface area contributed by atoms with Crippen LogP contribution in [0, 0.1) is 0 Å². The van der Waals surface area contributed by atoms with Crippen LogP contribution in [0.2, 0.25) is 0 Å². The van der Waals surface area contributed by atoms with Crippen molar-refractivity contribution in [3.05, 3.63) is 29.8 Å². The Bertz CT molecular complexity index is 429. The van der Waals surface area contributed by atoms with Crippen molar-refractivity contribution in [3.63, 3.8) is 0 Å². The fourth-order valence-electron chi connectivity index (χ4n) is 1.38. The van der Waals surface area contributed by atoms with Gasteiger partial charge in [0.2, 0.25) is 9.84 Å². The minimum atomic E-state index is -3.80. The number of hydrogen-bond acceptors (Lipinski definition) is 3. The molecule has 1 unspecified atom stereocenters. The van der Waals surface area contributed by atoms with Gasteiger partial charge in [-0.2, -0.15) is 0 Å². The molecule has 1 atom stereocenters. The quantitative estimate of drug-likeness (QED) is 0.849.